The number of anilines is 1. The number of nitrogens with zero attached hydrogens (tertiary/aromatic N) is 1. The molecule has 0 aliphatic rings. The monoisotopic (exact) mass is 608 g/mol. The molecule has 3 rings (SSSR count). The number of nitriles is 1. The predicted octanol–water partition coefficient (Wildman–Crippen LogP) is 6.54. The molecule has 0 saturated heterocycles. The SMILES string of the molecule is N#C/C(=C\c1cc(Br)c(OCc2ccccc2Cl)c(I)c1)C(=O)Nc1ccc(O)cc1. The maximum Gasteiger partial charge on any atom is 0.266 e. The molecule has 0 heterocycles. The zero-order chi connectivity index (χ0) is 22.4. The second-order valence-electron chi connectivity index (χ2n) is 6.36. The number of carbonyl (C=O) groups excluding carboxylic acids is 1. The first-order valence-corrected chi connectivity index (χ1v) is 11.2. The summed E-state index contributed by atoms with van der Waals surface area (Å²) in [5.74, 6) is 0.188. The van der Waals surface area contributed by atoms with Crippen molar-refractivity contribution in [2.75, 3.05) is 5.32 Å². The van der Waals surface area contributed by atoms with Crippen molar-refractivity contribution in [3.05, 3.63) is 90.4 Å². The van der Waals surface area contributed by atoms with Gasteiger partial charge in [-0.3, -0.25) is 4.79 Å². The van der Waals surface area contributed by atoms with E-state index in [1.54, 1.807) is 24.3 Å². The molecule has 0 atom stereocenters. The topological polar surface area (TPSA) is 82.3 Å². The van der Waals surface area contributed by atoms with Gasteiger partial charge in [0.25, 0.3) is 5.91 Å². The van der Waals surface area contributed by atoms with Gasteiger partial charge in [0.1, 0.15) is 29.7 Å². The normalized spacial score (nSPS) is 11.0. The molecule has 0 aromatic heterocycles. The number of amides is 1. The molecule has 0 aliphatic heterocycles. The molecule has 3 aromatic carbocycles. The average molecular weight is 610 g/mol. The summed E-state index contributed by atoms with van der Waals surface area (Å²) in [5, 5.41) is 22.0. The molecule has 8 heteroatoms. The van der Waals surface area contributed by atoms with E-state index in [0.29, 0.717) is 33.1 Å². The minimum atomic E-state index is -0.543. The Morgan fingerprint density at radius 2 is 1.94 bits per heavy atom. The van der Waals surface area contributed by atoms with Gasteiger partial charge in [-0.2, -0.15) is 5.26 Å². The van der Waals surface area contributed by atoms with Gasteiger partial charge in [-0.05, 0) is 92.6 Å². The number of rotatable bonds is 6. The van der Waals surface area contributed by atoms with E-state index in [9.17, 15) is 15.2 Å². The van der Waals surface area contributed by atoms with E-state index in [-0.39, 0.29) is 11.3 Å². The average Bonchev–Trinajstić information content (AvgIpc) is 2.74. The van der Waals surface area contributed by atoms with Crippen LogP contribution in [0.1, 0.15) is 11.1 Å². The molecule has 31 heavy (non-hydrogen) atoms. The molecule has 3 aromatic rings. The first kappa shape index (κ1) is 23.1. The number of nitrogens with one attached hydrogen (secondary N) is 1. The summed E-state index contributed by atoms with van der Waals surface area (Å²) < 4.78 is 7.43. The molecule has 0 aliphatic carbocycles. The third-order valence-corrected chi connectivity index (χ3v) is 5.91. The summed E-state index contributed by atoms with van der Waals surface area (Å²) in [6, 6.07) is 19.0. The van der Waals surface area contributed by atoms with Gasteiger partial charge in [-0.15, -0.1) is 0 Å². The van der Waals surface area contributed by atoms with Gasteiger partial charge < -0.3 is 15.2 Å². The molecule has 0 radical (unpaired) electrons. The highest BCUT2D eigenvalue weighted by molar-refractivity contribution is 14.1. The van der Waals surface area contributed by atoms with Crippen molar-refractivity contribution < 1.29 is 14.6 Å². The molecule has 5 nitrogen and oxygen atoms in total. The molecule has 0 fully saturated rings. The first-order chi connectivity index (χ1) is 14.9. The molecule has 1 amide bonds. The van der Waals surface area contributed by atoms with Crippen LogP contribution in [-0.2, 0) is 11.4 Å². The lowest BCUT2D eigenvalue weighted by Gasteiger charge is -2.12. The number of hydrogen-bond donors (Lipinski definition) is 2. The van der Waals surface area contributed by atoms with Gasteiger partial charge in [-0.25, -0.2) is 0 Å². The fraction of sp³-hybridized carbons (Fsp3) is 0.0435. The van der Waals surface area contributed by atoms with Crippen LogP contribution in [0.25, 0.3) is 6.08 Å². The van der Waals surface area contributed by atoms with E-state index in [0.717, 1.165) is 9.13 Å². The van der Waals surface area contributed by atoms with Crippen molar-refractivity contribution in [2.24, 2.45) is 0 Å². The van der Waals surface area contributed by atoms with Crippen molar-refractivity contribution in [2.45, 2.75) is 6.61 Å². The molecule has 0 unspecified atom stereocenters. The molecule has 0 bridgehead atoms. The molecule has 156 valence electrons. The number of ether oxygens (including phenoxy) is 1. The number of aromatic hydroxyl groups is 1. The lowest BCUT2D eigenvalue weighted by molar-refractivity contribution is -0.112. The van der Waals surface area contributed by atoms with E-state index < -0.39 is 5.91 Å². The van der Waals surface area contributed by atoms with Crippen LogP contribution in [0.2, 0.25) is 5.02 Å². The summed E-state index contributed by atoms with van der Waals surface area (Å²) in [6.07, 6.45) is 1.50. The highest BCUT2D eigenvalue weighted by Gasteiger charge is 2.13. The number of benzene rings is 3. The van der Waals surface area contributed by atoms with Crippen molar-refractivity contribution in [3.8, 4) is 17.6 Å². The largest absolute Gasteiger partial charge is 0.508 e. The summed E-state index contributed by atoms with van der Waals surface area (Å²) in [5.41, 5.74) is 1.95. The van der Waals surface area contributed by atoms with Crippen LogP contribution in [-0.4, -0.2) is 11.0 Å². The Morgan fingerprint density at radius 3 is 2.58 bits per heavy atom. The van der Waals surface area contributed by atoms with Gasteiger partial charge in [0.05, 0.1) is 8.04 Å². The van der Waals surface area contributed by atoms with E-state index in [2.05, 4.69) is 43.8 Å². The summed E-state index contributed by atoms with van der Waals surface area (Å²) in [6.45, 7) is 0.307. The van der Waals surface area contributed by atoms with Gasteiger partial charge in [0, 0.05) is 16.3 Å². The fourth-order valence-corrected chi connectivity index (χ4v) is 4.58. The van der Waals surface area contributed by atoms with E-state index in [1.165, 1.54) is 18.2 Å². The van der Waals surface area contributed by atoms with Crippen molar-refractivity contribution in [1.82, 2.24) is 0 Å². The van der Waals surface area contributed by atoms with Crippen LogP contribution >= 0.6 is 50.1 Å². The highest BCUT2D eigenvalue weighted by atomic mass is 127. The number of phenolic OH excluding ortho intramolecular Hbond substituents is 1. The lowest BCUT2D eigenvalue weighted by Crippen LogP contribution is -2.13. The van der Waals surface area contributed by atoms with E-state index >= 15 is 0 Å². The van der Waals surface area contributed by atoms with Crippen LogP contribution < -0.4 is 10.1 Å². The smallest absolute Gasteiger partial charge is 0.266 e. The number of hydrogen-bond acceptors (Lipinski definition) is 4. The molecule has 0 saturated carbocycles. The number of halogens is 3. The van der Waals surface area contributed by atoms with Gasteiger partial charge >= 0.3 is 0 Å². The Labute approximate surface area is 206 Å². The second kappa shape index (κ2) is 10.7. The molecular weight excluding hydrogens is 595 g/mol. The standard InChI is InChI=1S/C23H15BrClIN2O3/c24-19-10-14(9-16(12-27)23(30)28-17-5-7-18(29)8-6-17)11-21(26)22(19)31-13-15-3-1-2-4-20(15)25/h1-11,29H,13H2,(H,28,30)/b16-9+. The summed E-state index contributed by atoms with van der Waals surface area (Å²) in [7, 11) is 0. The zero-order valence-electron chi connectivity index (χ0n) is 15.9. The Kier molecular flexibility index (Phi) is 7.96. The minimum absolute atomic E-state index is 0.0551. The third-order valence-electron chi connectivity index (χ3n) is 4.15. The Balaban J connectivity index is 1.77. The second-order valence-corrected chi connectivity index (χ2v) is 8.79. The maximum atomic E-state index is 12.4. The van der Waals surface area contributed by atoms with Gasteiger partial charge in [0.2, 0.25) is 0 Å². The Morgan fingerprint density at radius 1 is 1.23 bits per heavy atom. The quantitative estimate of drug-likeness (QED) is 0.144. The van der Waals surface area contributed by atoms with Crippen molar-refractivity contribution in [3.63, 3.8) is 0 Å². The van der Waals surface area contributed by atoms with Crippen LogP contribution in [0, 0.1) is 14.9 Å². The molecule has 0 spiro atoms. The lowest BCUT2D eigenvalue weighted by atomic mass is 10.1. The van der Waals surface area contributed by atoms with E-state index in [4.69, 9.17) is 16.3 Å². The van der Waals surface area contributed by atoms with Crippen molar-refractivity contribution >= 4 is 67.8 Å². The van der Waals surface area contributed by atoms with E-state index in [1.807, 2.05) is 30.3 Å². The summed E-state index contributed by atoms with van der Waals surface area (Å²) in [4.78, 5) is 12.4. The minimum Gasteiger partial charge on any atom is -0.508 e. The first-order valence-electron chi connectivity index (χ1n) is 8.95. The van der Waals surface area contributed by atoms with Crippen molar-refractivity contribution in [1.29, 1.82) is 5.26 Å². The molecule has 2 N–H and O–H groups in total. The summed E-state index contributed by atoms with van der Waals surface area (Å²) >= 11 is 11.8. The van der Waals surface area contributed by atoms with Crippen LogP contribution in [0.15, 0.2) is 70.7 Å². The van der Waals surface area contributed by atoms with Crippen LogP contribution in [0.5, 0.6) is 11.5 Å². The highest BCUT2D eigenvalue weighted by Crippen LogP contribution is 2.34. The van der Waals surface area contributed by atoms with Gasteiger partial charge in [-0.1, -0.05) is 29.8 Å². The molecular formula is C23H15BrClIN2O3. The Hall–Kier alpha value is -2.54. The maximum absolute atomic E-state index is 12.4. The zero-order valence-corrected chi connectivity index (χ0v) is 20.4. The Bertz CT molecular complexity index is 1170. The van der Waals surface area contributed by atoms with Gasteiger partial charge in [0.15, 0.2) is 0 Å². The van der Waals surface area contributed by atoms with Crippen LogP contribution in [0.4, 0.5) is 5.69 Å². The third kappa shape index (κ3) is 6.23. The van der Waals surface area contributed by atoms with Crippen LogP contribution in [0.3, 0.4) is 0 Å². The fourth-order valence-electron chi connectivity index (χ4n) is 2.62. The number of carbonyl (C=O) groups is 1. The number of phenols is 1. The predicted molar refractivity (Wildman–Crippen MR) is 133 cm³/mol.